The Balaban J connectivity index is 2.99. The van der Waals surface area contributed by atoms with E-state index in [9.17, 15) is 13.2 Å². The largest absolute Gasteiger partial charge is 0.422 e. The molecule has 0 amide bonds. The van der Waals surface area contributed by atoms with Gasteiger partial charge in [0, 0.05) is 0 Å². The quantitative estimate of drug-likeness (QED) is 0.511. The summed E-state index contributed by atoms with van der Waals surface area (Å²) in [5.74, 6) is 0. The van der Waals surface area contributed by atoms with E-state index in [0.717, 1.165) is 6.08 Å². The molecule has 1 heterocycles. The van der Waals surface area contributed by atoms with Gasteiger partial charge in [-0.05, 0) is 28.1 Å². The molecule has 13 heavy (non-hydrogen) atoms. The molecular formula is C7H8ClF3S2. The number of halogens is 4. The molecule has 1 rings (SSSR count). The van der Waals surface area contributed by atoms with E-state index in [1.54, 1.807) is 6.92 Å². The summed E-state index contributed by atoms with van der Waals surface area (Å²) in [5.41, 5.74) is 0. The van der Waals surface area contributed by atoms with E-state index in [2.05, 4.69) is 11.7 Å². The Bertz CT molecular complexity index is 278. The number of alkyl halides is 3. The molecule has 0 nitrogen and oxygen atoms in total. The topological polar surface area (TPSA) is 0 Å². The standard InChI is InChI=1S/C7H8ClF3S2/c1-2-5-3-4-6(7(9,10)11)13(5,8)12/h3-4,12H,2H2,1H3. The van der Waals surface area contributed by atoms with Crippen LogP contribution in [0.15, 0.2) is 22.0 Å². The number of rotatable bonds is 1. The Labute approximate surface area is 85.5 Å². The van der Waals surface area contributed by atoms with Crippen LogP contribution in [0.2, 0.25) is 0 Å². The Morgan fingerprint density at radius 1 is 1.46 bits per heavy atom. The van der Waals surface area contributed by atoms with E-state index < -0.39 is 19.4 Å². The van der Waals surface area contributed by atoms with Crippen LogP contribution in [0.5, 0.6) is 0 Å². The van der Waals surface area contributed by atoms with Crippen molar-refractivity contribution in [1.82, 2.24) is 0 Å². The van der Waals surface area contributed by atoms with E-state index in [1.165, 1.54) is 6.08 Å². The van der Waals surface area contributed by atoms with Gasteiger partial charge in [0.1, 0.15) is 0 Å². The Kier molecular flexibility index (Phi) is 3.00. The summed E-state index contributed by atoms with van der Waals surface area (Å²) in [4.78, 5) is -0.160. The normalized spacial score (nSPS) is 33.7. The van der Waals surface area contributed by atoms with Crippen LogP contribution < -0.4 is 0 Å². The fourth-order valence-corrected chi connectivity index (χ4v) is 4.48. The number of hydrogen-bond acceptors (Lipinski definition) is 1. The van der Waals surface area contributed by atoms with Gasteiger partial charge in [-0.2, -0.15) is 13.2 Å². The third-order valence-corrected chi connectivity index (χ3v) is 6.14. The van der Waals surface area contributed by atoms with Gasteiger partial charge >= 0.3 is 6.18 Å². The number of allylic oxidation sites excluding steroid dienone is 4. The fourth-order valence-electron chi connectivity index (χ4n) is 1.05. The van der Waals surface area contributed by atoms with Crippen LogP contribution >= 0.6 is 30.6 Å². The summed E-state index contributed by atoms with van der Waals surface area (Å²) < 4.78 is 37.1. The molecule has 0 aromatic rings. The predicted octanol–water partition coefficient (Wildman–Crippen LogP) is 4.54. The summed E-state index contributed by atoms with van der Waals surface area (Å²) in [5, 5.41) is 0. The zero-order valence-corrected chi connectivity index (χ0v) is 9.20. The lowest BCUT2D eigenvalue weighted by Gasteiger charge is -2.29. The van der Waals surface area contributed by atoms with E-state index in [-0.39, 0.29) is 0 Å². The maximum atomic E-state index is 12.4. The van der Waals surface area contributed by atoms with Crippen LogP contribution in [-0.4, -0.2) is 6.18 Å². The molecule has 0 spiro atoms. The maximum absolute atomic E-state index is 12.4. The predicted molar refractivity (Wildman–Crippen MR) is 54.9 cm³/mol. The van der Waals surface area contributed by atoms with Crippen molar-refractivity contribution in [2.75, 3.05) is 0 Å². The molecule has 6 heteroatoms. The van der Waals surface area contributed by atoms with E-state index in [1.807, 2.05) is 0 Å². The van der Waals surface area contributed by atoms with Gasteiger partial charge in [0.2, 0.25) is 0 Å². The molecule has 0 bridgehead atoms. The molecule has 0 aromatic carbocycles. The smallest absolute Gasteiger partial charge is 0.166 e. The molecule has 0 aromatic heterocycles. The second-order valence-corrected chi connectivity index (χ2v) is 8.18. The number of thiol groups is 1. The number of hydrogen-bond donors (Lipinski definition) is 1. The molecule has 0 saturated carbocycles. The van der Waals surface area contributed by atoms with Gasteiger partial charge in [-0.1, -0.05) is 21.3 Å². The highest BCUT2D eigenvalue weighted by Crippen LogP contribution is 2.76. The second-order valence-electron chi connectivity index (χ2n) is 2.52. The Morgan fingerprint density at radius 3 is 2.23 bits per heavy atom. The van der Waals surface area contributed by atoms with Gasteiger partial charge in [-0.25, -0.2) is 0 Å². The van der Waals surface area contributed by atoms with Crippen LogP contribution in [0.1, 0.15) is 13.3 Å². The van der Waals surface area contributed by atoms with E-state index >= 15 is 0 Å². The first-order chi connectivity index (χ1) is 5.80. The second kappa shape index (κ2) is 3.44. The summed E-state index contributed by atoms with van der Waals surface area (Å²) in [6, 6.07) is 0. The minimum Gasteiger partial charge on any atom is -0.166 e. The lowest BCUT2D eigenvalue weighted by atomic mass is 10.4. The van der Waals surface area contributed by atoms with Crippen LogP contribution in [0, 0.1) is 0 Å². The lowest BCUT2D eigenvalue weighted by molar-refractivity contribution is -0.0836. The van der Waals surface area contributed by atoms with Crippen molar-refractivity contribution < 1.29 is 13.2 Å². The molecule has 0 saturated heterocycles. The molecule has 0 radical (unpaired) electrons. The minimum absolute atomic E-state index is 0.498. The first-order valence-electron chi connectivity index (χ1n) is 3.53. The van der Waals surface area contributed by atoms with Gasteiger partial charge in [0.25, 0.3) is 0 Å². The van der Waals surface area contributed by atoms with Crippen LogP contribution in [-0.2, 0) is 0 Å². The summed E-state index contributed by atoms with van der Waals surface area (Å²) in [7, 11) is 3.20. The average molecular weight is 249 g/mol. The monoisotopic (exact) mass is 248 g/mol. The van der Waals surface area contributed by atoms with Gasteiger partial charge in [-0.15, -0.1) is 11.7 Å². The maximum Gasteiger partial charge on any atom is 0.422 e. The van der Waals surface area contributed by atoms with Crippen LogP contribution in [0.4, 0.5) is 13.2 Å². The summed E-state index contributed by atoms with van der Waals surface area (Å²) in [6.07, 6.45) is -1.43. The van der Waals surface area contributed by atoms with Crippen molar-refractivity contribution in [1.29, 1.82) is 0 Å². The zero-order chi connectivity index (χ0) is 10.3. The minimum atomic E-state index is -4.37. The molecule has 1 unspecified atom stereocenters. The van der Waals surface area contributed by atoms with Crippen molar-refractivity contribution in [3.05, 3.63) is 22.0 Å². The molecule has 1 aliphatic rings. The summed E-state index contributed by atoms with van der Waals surface area (Å²) in [6.45, 7) is 1.76. The van der Waals surface area contributed by atoms with E-state index in [4.69, 9.17) is 10.7 Å². The van der Waals surface area contributed by atoms with Crippen LogP contribution in [0.25, 0.3) is 0 Å². The highest BCUT2D eigenvalue weighted by atomic mass is 35.8. The van der Waals surface area contributed by atoms with Gasteiger partial charge < -0.3 is 0 Å². The first kappa shape index (κ1) is 11.3. The molecule has 0 aliphatic carbocycles. The molecular weight excluding hydrogens is 241 g/mol. The van der Waals surface area contributed by atoms with Crippen LogP contribution in [0.3, 0.4) is 0 Å². The van der Waals surface area contributed by atoms with E-state index in [0.29, 0.717) is 11.3 Å². The average Bonchev–Trinajstić information content (AvgIpc) is 2.22. The molecule has 76 valence electrons. The molecule has 1 atom stereocenters. The van der Waals surface area contributed by atoms with Crippen molar-refractivity contribution in [2.24, 2.45) is 0 Å². The fraction of sp³-hybridized carbons (Fsp3) is 0.429. The molecule has 0 N–H and O–H groups in total. The molecule has 1 aliphatic heterocycles. The molecule has 0 fully saturated rings. The third kappa shape index (κ3) is 2.02. The SMILES string of the molecule is CCC1=CC=C(C(F)(F)F)S1(S)Cl. The third-order valence-electron chi connectivity index (χ3n) is 1.69. The highest BCUT2D eigenvalue weighted by molar-refractivity contribution is 9.00. The Hall–Kier alpha value is 0.260. The van der Waals surface area contributed by atoms with Crippen molar-refractivity contribution in [2.45, 2.75) is 19.5 Å². The Morgan fingerprint density at radius 2 is 2.00 bits per heavy atom. The van der Waals surface area contributed by atoms with Crippen molar-refractivity contribution in [3.8, 4) is 0 Å². The highest BCUT2D eigenvalue weighted by Gasteiger charge is 2.46. The van der Waals surface area contributed by atoms with Gasteiger partial charge in [0.15, 0.2) is 0 Å². The van der Waals surface area contributed by atoms with Crippen molar-refractivity contribution >= 4 is 30.6 Å². The summed E-state index contributed by atoms with van der Waals surface area (Å²) >= 11 is 3.90. The first-order valence-corrected chi connectivity index (χ1v) is 7.04. The van der Waals surface area contributed by atoms with Gasteiger partial charge in [0.05, 0.1) is 4.91 Å². The van der Waals surface area contributed by atoms with Crippen molar-refractivity contribution in [3.63, 3.8) is 0 Å². The lowest BCUT2D eigenvalue weighted by Crippen LogP contribution is -2.12. The van der Waals surface area contributed by atoms with Gasteiger partial charge in [-0.3, -0.25) is 0 Å². The zero-order valence-electron chi connectivity index (χ0n) is 6.73.